The summed E-state index contributed by atoms with van der Waals surface area (Å²) in [4.78, 5) is 23.2. The average molecular weight is 266 g/mol. The summed E-state index contributed by atoms with van der Waals surface area (Å²) in [6.45, 7) is 7.08. The molecular formula is C14H19FN2O2. The summed E-state index contributed by atoms with van der Waals surface area (Å²) in [5, 5.41) is 5.09. The van der Waals surface area contributed by atoms with Gasteiger partial charge in [-0.05, 0) is 45.4 Å². The molecule has 0 unspecified atom stereocenters. The molecule has 0 aliphatic rings. The molecule has 0 aromatic heterocycles. The molecule has 1 rings (SSSR count). The number of hydrogen-bond donors (Lipinski definition) is 2. The number of aryl methyl sites for hydroxylation is 1. The lowest BCUT2D eigenvalue weighted by Crippen LogP contribution is -2.45. The molecule has 0 aliphatic heterocycles. The van der Waals surface area contributed by atoms with Gasteiger partial charge in [0.1, 0.15) is 5.82 Å². The van der Waals surface area contributed by atoms with E-state index in [2.05, 4.69) is 10.6 Å². The molecule has 0 bridgehead atoms. The lowest BCUT2D eigenvalue weighted by molar-refractivity contribution is -0.121. The van der Waals surface area contributed by atoms with Crippen LogP contribution < -0.4 is 10.6 Å². The fraction of sp³-hybridized carbons (Fsp3) is 0.429. The van der Waals surface area contributed by atoms with Crippen LogP contribution in [0.4, 0.5) is 4.39 Å². The minimum atomic E-state index is -0.596. The Kier molecular flexibility index (Phi) is 4.64. The standard InChI is InChI=1S/C14H19FN2O2/c1-9-5-6-10(11(15)7-9)13(19)16-8-12(18)17-14(2,3)4/h5-7H,8H2,1-4H3,(H,16,19)(H,17,18). The van der Waals surface area contributed by atoms with Crippen LogP contribution in [-0.4, -0.2) is 23.9 Å². The second-order valence-electron chi connectivity index (χ2n) is 5.46. The van der Waals surface area contributed by atoms with Gasteiger partial charge >= 0.3 is 0 Å². The van der Waals surface area contributed by atoms with Crippen LogP contribution >= 0.6 is 0 Å². The predicted molar refractivity (Wildman–Crippen MR) is 71.4 cm³/mol. The van der Waals surface area contributed by atoms with Crippen molar-refractivity contribution in [2.24, 2.45) is 0 Å². The quantitative estimate of drug-likeness (QED) is 0.876. The molecule has 2 amide bonds. The van der Waals surface area contributed by atoms with Gasteiger partial charge in [-0.15, -0.1) is 0 Å². The van der Waals surface area contributed by atoms with Gasteiger partial charge in [-0.1, -0.05) is 6.07 Å². The zero-order valence-corrected chi connectivity index (χ0v) is 11.6. The molecule has 1 aromatic rings. The second-order valence-corrected chi connectivity index (χ2v) is 5.46. The van der Waals surface area contributed by atoms with Gasteiger partial charge in [-0.2, -0.15) is 0 Å². The number of hydrogen-bond acceptors (Lipinski definition) is 2. The Bertz CT molecular complexity index is 493. The van der Waals surface area contributed by atoms with Crippen LogP contribution in [0.2, 0.25) is 0 Å². The highest BCUT2D eigenvalue weighted by molar-refractivity contribution is 5.96. The monoisotopic (exact) mass is 266 g/mol. The molecule has 0 atom stereocenters. The van der Waals surface area contributed by atoms with Gasteiger partial charge in [-0.3, -0.25) is 9.59 Å². The van der Waals surface area contributed by atoms with Crippen molar-refractivity contribution < 1.29 is 14.0 Å². The number of benzene rings is 1. The Morgan fingerprint density at radius 2 is 1.89 bits per heavy atom. The molecule has 0 fully saturated rings. The molecule has 0 saturated carbocycles. The van der Waals surface area contributed by atoms with E-state index in [1.807, 2.05) is 20.8 Å². The van der Waals surface area contributed by atoms with Gasteiger partial charge in [0.05, 0.1) is 12.1 Å². The first-order chi connectivity index (χ1) is 8.69. The van der Waals surface area contributed by atoms with Gasteiger partial charge in [0.15, 0.2) is 0 Å². The topological polar surface area (TPSA) is 58.2 Å². The molecule has 0 saturated heterocycles. The van der Waals surface area contributed by atoms with Crippen molar-refractivity contribution in [1.82, 2.24) is 10.6 Å². The third-order valence-corrected chi connectivity index (χ3v) is 2.29. The third kappa shape index (κ3) is 5.07. The van der Waals surface area contributed by atoms with Crippen molar-refractivity contribution in [3.05, 3.63) is 35.1 Å². The van der Waals surface area contributed by atoms with E-state index in [0.29, 0.717) is 0 Å². The van der Waals surface area contributed by atoms with Crippen molar-refractivity contribution in [2.75, 3.05) is 6.54 Å². The lowest BCUT2D eigenvalue weighted by atomic mass is 10.1. The van der Waals surface area contributed by atoms with Crippen molar-refractivity contribution in [1.29, 1.82) is 0 Å². The van der Waals surface area contributed by atoms with Gasteiger partial charge < -0.3 is 10.6 Å². The van der Waals surface area contributed by atoms with Crippen LogP contribution in [0.5, 0.6) is 0 Å². The molecular weight excluding hydrogens is 247 g/mol. The molecule has 104 valence electrons. The Labute approximate surface area is 112 Å². The number of nitrogens with one attached hydrogen (secondary N) is 2. The van der Waals surface area contributed by atoms with E-state index in [0.717, 1.165) is 5.56 Å². The van der Waals surface area contributed by atoms with Gasteiger partial charge in [0, 0.05) is 5.54 Å². The highest BCUT2D eigenvalue weighted by Crippen LogP contribution is 2.09. The third-order valence-electron chi connectivity index (χ3n) is 2.29. The molecule has 0 spiro atoms. The zero-order valence-electron chi connectivity index (χ0n) is 11.6. The minimum Gasteiger partial charge on any atom is -0.350 e. The molecule has 1 aromatic carbocycles. The number of amides is 2. The van der Waals surface area contributed by atoms with E-state index in [1.54, 1.807) is 13.0 Å². The Hall–Kier alpha value is -1.91. The second kappa shape index (κ2) is 5.82. The zero-order chi connectivity index (χ0) is 14.6. The number of carbonyl (C=O) groups is 2. The molecule has 19 heavy (non-hydrogen) atoms. The number of halogens is 1. The molecule has 0 heterocycles. The first-order valence-electron chi connectivity index (χ1n) is 6.04. The Morgan fingerprint density at radius 1 is 1.26 bits per heavy atom. The fourth-order valence-corrected chi connectivity index (χ4v) is 1.52. The average Bonchev–Trinajstić information content (AvgIpc) is 2.23. The van der Waals surface area contributed by atoms with Crippen LogP contribution in [0.15, 0.2) is 18.2 Å². The number of carbonyl (C=O) groups excluding carboxylic acids is 2. The Morgan fingerprint density at radius 3 is 2.42 bits per heavy atom. The van der Waals surface area contributed by atoms with Crippen LogP contribution in [-0.2, 0) is 4.79 Å². The van der Waals surface area contributed by atoms with Crippen molar-refractivity contribution in [2.45, 2.75) is 33.2 Å². The largest absolute Gasteiger partial charge is 0.350 e. The molecule has 2 N–H and O–H groups in total. The normalized spacial score (nSPS) is 11.0. The Balaban J connectivity index is 2.59. The van der Waals surface area contributed by atoms with E-state index < -0.39 is 11.7 Å². The smallest absolute Gasteiger partial charge is 0.254 e. The summed E-state index contributed by atoms with van der Waals surface area (Å²) in [5.41, 5.74) is 0.311. The van der Waals surface area contributed by atoms with E-state index in [1.165, 1.54) is 12.1 Å². The van der Waals surface area contributed by atoms with Crippen molar-refractivity contribution >= 4 is 11.8 Å². The van der Waals surface area contributed by atoms with Gasteiger partial charge in [0.25, 0.3) is 5.91 Å². The van der Waals surface area contributed by atoms with Crippen LogP contribution in [0.25, 0.3) is 0 Å². The van der Waals surface area contributed by atoms with Gasteiger partial charge in [0.2, 0.25) is 5.91 Å². The molecule has 5 heteroatoms. The summed E-state index contributed by atoms with van der Waals surface area (Å²) in [7, 11) is 0. The van der Waals surface area contributed by atoms with Crippen molar-refractivity contribution in [3.8, 4) is 0 Å². The fourth-order valence-electron chi connectivity index (χ4n) is 1.52. The predicted octanol–water partition coefficient (Wildman–Crippen LogP) is 1.78. The maximum absolute atomic E-state index is 13.5. The lowest BCUT2D eigenvalue weighted by Gasteiger charge is -2.20. The van der Waals surface area contributed by atoms with Crippen LogP contribution in [0.3, 0.4) is 0 Å². The first kappa shape index (κ1) is 15.1. The van der Waals surface area contributed by atoms with E-state index >= 15 is 0 Å². The minimum absolute atomic E-state index is 0.0610. The summed E-state index contributed by atoms with van der Waals surface area (Å²) in [6, 6.07) is 4.33. The maximum atomic E-state index is 13.5. The molecule has 0 aliphatic carbocycles. The van der Waals surface area contributed by atoms with Gasteiger partial charge in [-0.25, -0.2) is 4.39 Å². The maximum Gasteiger partial charge on any atom is 0.254 e. The van der Waals surface area contributed by atoms with E-state index in [4.69, 9.17) is 0 Å². The highest BCUT2D eigenvalue weighted by Gasteiger charge is 2.16. The first-order valence-corrected chi connectivity index (χ1v) is 6.04. The van der Waals surface area contributed by atoms with E-state index in [9.17, 15) is 14.0 Å². The molecule has 0 radical (unpaired) electrons. The summed E-state index contributed by atoms with van der Waals surface area (Å²) in [6.07, 6.45) is 0. The van der Waals surface area contributed by atoms with Crippen molar-refractivity contribution in [3.63, 3.8) is 0 Å². The van der Waals surface area contributed by atoms with E-state index in [-0.39, 0.29) is 23.6 Å². The number of rotatable bonds is 3. The summed E-state index contributed by atoms with van der Waals surface area (Å²) >= 11 is 0. The van der Waals surface area contributed by atoms with Crippen LogP contribution in [0.1, 0.15) is 36.7 Å². The summed E-state index contributed by atoms with van der Waals surface area (Å²) < 4.78 is 13.5. The highest BCUT2D eigenvalue weighted by atomic mass is 19.1. The molecule has 4 nitrogen and oxygen atoms in total. The SMILES string of the molecule is Cc1ccc(C(=O)NCC(=O)NC(C)(C)C)c(F)c1. The van der Waals surface area contributed by atoms with Crippen LogP contribution in [0, 0.1) is 12.7 Å². The summed E-state index contributed by atoms with van der Waals surface area (Å²) in [5.74, 6) is -1.50.